The van der Waals surface area contributed by atoms with E-state index in [0.717, 1.165) is 30.5 Å². The van der Waals surface area contributed by atoms with E-state index in [0.29, 0.717) is 18.8 Å². The van der Waals surface area contributed by atoms with Crippen LogP contribution in [0.4, 0.5) is 4.79 Å². The fourth-order valence-corrected chi connectivity index (χ4v) is 3.15. The van der Waals surface area contributed by atoms with E-state index in [1.807, 2.05) is 46.8 Å². The van der Waals surface area contributed by atoms with Crippen LogP contribution in [-0.4, -0.2) is 40.3 Å². The van der Waals surface area contributed by atoms with E-state index in [9.17, 15) is 9.90 Å². The van der Waals surface area contributed by atoms with Gasteiger partial charge >= 0.3 is 6.09 Å². The number of ether oxygens (including phenoxy) is 1. The maximum Gasteiger partial charge on any atom is 0.410 e. The average molecular weight is 348 g/mol. The Labute approximate surface area is 151 Å². The van der Waals surface area contributed by atoms with Crippen LogP contribution >= 0.6 is 0 Å². The number of aromatic hydroxyl groups is 1. The van der Waals surface area contributed by atoms with Crippen LogP contribution in [0.25, 0.3) is 0 Å². The molecule has 0 saturated carbocycles. The number of phenols is 1. The minimum atomic E-state index is -0.454. The number of hydrogen-bond acceptors (Lipinski definition) is 4. The Kier molecular flexibility index (Phi) is 5.67. The van der Waals surface area contributed by atoms with Gasteiger partial charge in [-0.05, 0) is 71.1 Å². The summed E-state index contributed by atoms with van der Waals surface area (Å²) in [4.78, 5) is 14.0. The predicted molar refractivity (Wildman–Crippen MR) is 99.9 cm³/mol. The van der Waals surface area contributed by atoms with Gasteiger partial charge in [-0.1, -0.05) is 12.1 Å². The smallest absolute Gasteiger partial charge is 0.410 e. The van der Waals surface area contributed by atoms with E-state index in [4.69, 9.17) is 4.74 Å². The quantitative estimate of drug-likeness (QED) is 0.870. The Bertz CT molecular complexity index is 603. The third kappa shape index (κ3) is 5.36. The number of aryl methyl sites for hydroxylation is 2. The van der Waals surface area contributed by atoms with Crippen LogP contribution in [0.15, 0.2) is 12.1 Å². The first kappa shape index (κ1) is 19.6. The summed E-state index contributed by atoms with van der Waals surface area (Å²) in [6.07, 6.45) is 1.56. The van der Waals surface area contributed by atoms with Gasteiger partial charge < -0.3 is 20.1 Å². The maximum atomic E-state index is 12.2. The summed E-state index contributed by atoms with van der Waals surface area (Å²) >= 11 is 0. The molecule has 1 heterocycles. The monoisotopic (exact) mass is 348 g/mol. The molecule has 0 aromatic heterocycles. The molecule has 0 radical (unpaired) electrons. The molecule has 2 rings (SSSR count). The van der Waals surface area contributed by atoms with Gasteiger partial charge in [-0.3, -0.25) is 0 Å². The summed E-state index contributed by atoms with van der Waals surface area (Å²) in [5, 5.41) is 13.5. The number of nitrogens with zero attached hydrogens (tertiary/aromatic N) is 1. The van der Waals surface area contributed by atoms with Gasteiger partial charge in [-0.15, -0.1) is 0 Å². The molecule has 1 saturated heterocycles. The zero-order valence-electron chi connectivity index (χ0n) is 16.4. The molecular weight excluding hydrogens is 316 g/mol. The van der Waals surface area contributed by atoms with Gasteiger partial charge in [0.2, 0.25) is 0 Å². The first-order valence-corrected chi connectivity index (χ1v) is 9.01. The van der Waals surface area contributed by atoms with Gasteiger partial charge in [0.05, 0.1) is 0 Å². The Morgan fingerprint density at radius 1 is 1.24 bits per heavy atom. The Balaban J connectivity index is 1.89. The van der Waals surface area contributed by atoms with Gasteiger partial charge in [0.25, 0.3) is 0 Å². The molecule has 1 fully saturated rings. The third-order valence-electron chi connectivity index (χ3n) is 4.79. The van der Waals surface area contributed by atoms with E-state index in [-0.39, 0.29) is 11.6 Å². The van der Waals surface area contributed by atoms with Crippen LogP contribution in [-0.2, 0) is 11.3 Å². The second-order valence-corrected chi connectivity index (χ2v) is 8.46. The molecule has 0 atom stereocenters. The SMILES string of the molecule is Cc1cc(CNC2(C)CCN(C(=O)OC(C)(C)C)CC2)cc(C)c1O. The molecule has 1 aliphatic rings. The number of rotatable bonds is 3. The highest BCUT2D eigenvalue weighted by atomic mass is 16.6. The van der Waals surface area contributed by atoms with Crippen molar-refractivity contribution in [2.75, 3.05) is 13.1 Å². The minimum absolute atomic E-state index is 0.00178. The van der Waals surface area contributed by atoms with Gasteiger partial charge in [0, 0.05) is 25.2 Å². The number of carbonyl (C=O) groups is 1. The highest BCUT2D eigenvalue weighted by Gasteiger charge is 2.33. The molecule has 2 N–H and O–H groups in total. The van der Waals surface area contributed by atoms with Gasteiger partial charge in [0.15, 0.2) is 0 Å². The predicted octanol–water partition coefficient (Wildman–Crippen LogP) is 3.89. The summed E-state index contributed by atoms with van der Waals surface area (Å²) in [7, 11) is 0. The van der Waals surface area contributed by atoms with Crippen LogP contribution < -0.4 is 5.32 Å². The zero-order valence-corrected chi connectivity index (χ0v) is 16.4. The molecule has 140 valence electrons. The molecule has 0 bridgehead atoms. The van der Waals surface area contributed by atoms with E-state index >= 15 is 0 Å². The average Bonchev–Trinajstić information content (AvgIpc) is 2.49. The van der Waals surface area contributed by atoms with Crippen molar-refractivity contribution in [1.82, 2.24) is 10.2 Å². The molecular formula is C20H32N2O3. The van der Waals surface area contributed by atoms with Crippen LogP contribution in [0.3, 0.4) is 0 Å². The van der Waals surface area contributed by atoms with Crippen LogP contribution in [0.5, 0.6) is 5.75 Å². The van der Waals surface area contributed by atoms with Crippen molar-refractivity contribution in [1.29, 1.82) is 0 Å². The van der Waals surface area contributed by atoms with Gasteiger partial charge in [-0.25, -0.2) is 4.79 Å². The topological polar surface area (TPSA) is 61.8 Å². The Morgan fingerprint density at radius 3 is 2.24 bits per heavy atom. The normalized spacial score (nSPS) is 17.4. The lowest BCUT2D eigenvalue weighted by Crippen LogP contribution is -2.53. The molecule has 1 aliphatic heterocycles. The fourth-order valence-electron chi connectivity index (χ4n) is 3.15. The van der Waals surface area contributed by atoms with Crippen LogP contribution in [0.2, 0.25) is 0 Å². The second kappa shape index (κ2) is 7.24. The molecule has 1 amide bonds. The molecule has 0 aliphatic carbocycles. The zero-order chi connectivity index (χ0) is 18.8. The first-order valence-electron chi connectivity index (χ1n) is 9.01. The summed E-state index contributed by atoms with van der Waals surface area (Å²) < 4.78 is 5.46. The number of nitrogens with one attached hydrogen (secondary N) is 1. The summed E-state index contributed by atoms with van der Waals surface area (Å²) in [6.45, 7) is 13.9. The van der Waals surface area contributed by atoms with Crippen molar-refractivity contribution in [3.63, 3.8) is 0 Å². The lowest BCUT2D eigenvalue weighted by atomic mass is 9.89. The lowest BCUT2D eigenvalue weighted by Gasteiger charge is -2.40. The highest BCUT2D eigenvalue weighted by Crippen LogP contribution is 2.26. The molecule has 1 aromatic rings. The molecule has 25 heavy (non-hydrogen) atoms. The number of piperidine rings is 1. The number of carbonyl (C=O) groups excluding carboxylic acids is 1. The van der Waals surface area contributed by atoms with Crippen molar-refractivity contribution in [3.05, 3.63) is 28.8 Å². The van der Waals surface area contributed by atoms with E-state index in [2.05, 4.69) is 12.2 Å². The number of benzene rings is 1. The third-order valence-corrected chi connectivity index (χ3v) is 4.79. The second-order valence-electron chi connectivity index (χ2n) is 8.46. The largest absolute Gasteiger partial charge is 0.507 e. The Hall–Kier alpha value is -1.75. The van der Waals surface area contributed by atoms with E-state index < -0.39 is 5.60 Å². The van der Waals surface area contributed by atoms with Crippen molar-refractivity contribution in [3.8, 4) is 5.75 Å². The standard InChI is InChI=1S/C20H32N2O3/c1-14-11-16(12-15(2)17(14)23)13-21-20(6)7-9-22(10-8-20)18(24)25-19(3,4)5/h11-12,21,23H,7-10,13H2,1-6H3. The number of phenolic OH excluding ortho intramolecular Hbond substituents is 1. The Morgan fingerprint density at radius 2 is 1.76 bits per heavy atom. The first-order chi connectivity index (χ1) is 11.5. The van der Waals surface area contributed by atoms with Crippen molar-refractivity contribution < 1.29 is 14.6 Å². The summed E-state index contributed by atoms with van der Waals surface area (Å²) in [5.74, 6) is 0.376. The van der Waals surface area contributed by atoms with Gasteiger partial charge in [-0.2, -0.15) is 0 Å². The van der Waals surface area contributed by atoms with Crippen molar-refractivity contribution in [2.24, 2.45) is 0 Å². The maximum absolute atomic E-state index is 12.2. The van der Waals surface area contributed by atoms with E-state index in [1.54, 1.807) is 4.90 Å². The van der Waals surface area contributed by atoms with Crippen LogP contribution in [0.1, 0.15) is 57.2 Å². The molecule has 0 unspecified atom stereocenters. The number of hydrogen-bond donors (Lipinski definition) is 2. The molecule has 1 aromatic carbocycles. The summed E-state index contributed by atoms with van der Waals surface area (Å²) in [5.41, 5.74) is 2.52. The highest BCUT2D eigenvalue weighted by molar-refractivity contribution is 5.68. The van der Waals surface area contributed by atoms with E-state index in [1.165, 1.54) is 5.56 Å². The number of likely N-dealkylation sites (tertiary alicyclic amines) is 1. The van der Waals surface area contributed by atoms with Crippen molar-refractivity contribution >= 4 is 6.09 Å². The lowest BCUT2D eigenvalue weighted by molar-refractivity contribution is 0.0156. The fraction of sp³-hybridized carbons (Fsp3) is 0.650. The number of amides is 1. The molecule has 5 heteroatoms. The molecule has 0 spiro atoms. The van der Waals surface area contributed by atoms with Crippen molar-refractivity contribution in [2.45, 2.75) is 72.1 Å². The van der Waals surface area contributed by atoms with Gasteiger partial charge in [0.1, 0.15) is 11.4 Å². The molecule has 5 nitrogen and oxygen atoms in total. The minimum Gasteiger partial charge on any atom is -0.507 e. The summed E-state index contributed by atoms with van der Waals surface area (Å²) in [6, 6.07) is 4.04. The van der Waals surface area contributed by atoms with Crippen LogP contribution in [0, 0.1) is 13.8 Å².